The molecule has 0 fully saturated rings. The molecular formula is C17H13Cl3O4. The highest BCUT2D eigenvalue weighted by molar-refractivity contribution is 6.35. The summed E-state index contributed by atoms with van der Waals surface area (Å²) in [6.45, 7) is 1.85. The predicted octanol–water partition coefficient (Wildman–Crippen LogP) is 5.22. The van der Waals surface area contributed by atoms with Crippen molar-refractivity contribution in [1.29, 1.82) is 0 Å². The molecule has 1 heterocycles. The zero-order chi connectivity index (χ0) is 17.3. The molecule has 0 N–H and O–H groups in total. The number of hydrogen-bond acceptors (Lipinski definition) is 4. The topological polar surface area (TPSA) is 44.8 Å². The number of esters is 1. The van der Waals surface area contributed by atoms with Crippen LogP contribution in [0.3, 0.4) is 0 Å². The maximum absolute atomic E-state index is 11.1. The van der Waals surface area contributed by atoms with Gasteiger partial charge < -0.3 is 14.2 Å². The Hall–Kier alpha value is -1.62. The molecule has 0 radical (unpaired) electrons. The van der Waals surface area contributed by atoms with Crippen molar-refractivity contribution in [2.24, 2.45) is 0 Å². The van der Waals surface area contributed by atoms with Crippen LogP contribution in [0.2, 0.25) is 15.1 Å². The summed E-state index contributed by atoms with van der Waals surface area (Å²) >= 11 is 18.3. The third-order valence-electron chi connectivity index (χ3n) is 3.51. The highest BCUT2D eigenvalue weighted by atomic mass is 35.5. The third-order valence-corrected chi connectivity index (χ3v) is 4.39. The summed E-state index contributed by atoms with van der Waals surface area (Å²) in [5, 5.41) is 1.48. The van der Waals surface area contributed by atoms with Crippen molar-refractivity contribution in [3.63, 3.8) is 0 Å². The van der Waals surface area contributed by atoms with Gasteiger partial charge in [0.15, 0.2) is 6.10 Å². The molecule has 0 bridgehead atoms. The van der Waals surface area contributed by atoms with Gasteiger partial charge in [0.25, 0.3) is 0 Å². The number of ether oxygens (including phenoxy) is 3. The highest BCUT2D eigenvalue weighted by Gasteiger charge is 2.28. The van der Waals surface area contributed by atoms with E-state index < -0.39 is 6.10 Å². The van der Waals surface area contributed by atoms with Gasteiger partial charge in [-0.2, -0.15) is 0 Å². The Morgan fingerprint density at radius 3 is 2.71 bits per heavy atom. The van der Waals surface area contributed by atoms with Crippen LogP contribution in [0.25, 0.3) is 0 Å². The normalized spacial score (nSPS) is 15.6. The molecule has 7 heteroatoms. The van der Waals surface area contributed by atoms with Crippen molar-refractivity contribution in [2.75, 3.05) is 6.61 Å². The van der Waals surface area contributed by atoms with Gasteiger partial charge in [0.2, 0.25) is 0 Å². The third kappa shape index (κ3) is 3.72. The first-order chi connectivity index (χ1) is 11.4. The van der Waals surface area contributed by atoms with Crippen LogP contribution >= 0.6 is 34.8 Å². The van der Waals surface area contributed by atoms with E-state index in [4.69, 9.17) is 49.0 Å². The van der Waals surface area contributed by atoms with Crippen molar-refractivity contribution in [2.45, 2.75) is 19.6 Å². The maximum Gasteiger partial charge on any atom is 0.303 e. The fraction of sp³-hybridized carbons (Fsp3) is 0.235. The van der Waals surface area contributed by atoms with Gasteiger partial charge in [0, 0.05) is 34.2 Å². The Kier molecular flexibility index (Phi) is 5.09. The Labute approximate surface area is 154 Å². The molecule has 4 nitrogen and oxygen atoms in total. The molecule has 0 aliphatic carbocycles. The van der Waals surface area contributed by atoms with E-state index >= 15 is 0 Å². The van der Waals surface area contributed by atoms with Crippen molar-refractivity contribution >= 4 is 40.8 Å². The van der Waals surface area contributed by atoms with Crippen LogP contribution in [-0.4, -0.2) is 12.6 Å². The summed E-state index contributed by atoms with van der Waals surface area (Å²) in [7, 11) is 0. The number of carbonyl (C=O) groups is 1. The average molecular weight is 388 g/mol. The van der Waals surface area contributed by atoms with Crippen LogP contribution < -0.4 is 9.47 Å². The number of halogens is 3. The molecule has 0 saturated carbocycles. The second-order valence-electron chi connectivity index (χ2n) is 5.25. The SMILES string of the molecule is CC(=O)O[C@@H]1COc2cc(OCc3ccc(Cl)cc3Cl)c(Cl)cc21. The molecule has 3 rings (SSSR count). The van der Waals surface area contributed by atoms with Crippen LogP contribution in [0.1, 0.15) is 24.2 Å². The quantitative estimate of drug-likeness (QED) is 0.675. The van der Waals surface area contributed by atoms with Crippen LogP contribution in [0.5, 0.6) is 11.5 Å². The van der Waals surface area contributed by atoms with Crippen LogP contribution in [0, 0.1) is 0 Å². The van der Waals surface area contributed by atoms with Crippen LogP contribution in [-0.2, 0) is 16.1 Å². The molecule has 2 aromatic carbocycles. The lowest BCUT2D eigenvalue weighted by molar-refractivity contribution is -0.147. The Morgan fingerprint density at radius 2 is 2.00 bits per heavy atom. The first kappa shape index (κ1) is 17.2. The van der Waals surface area contributed by atoms with Gasteiger partial charge in [-0.25, -0.2) is 0 Å². The summed E-state index contributed by atoms with van der Waals surface area (Å²) < 4.78 is 16.5. The van der Waals surface area contributed by atoms with E-state index in [0.29, 0.717) is 26.6 Å². The number of rotatable bonds is 4. The highest BCUT2D eigenvalue weighted by Crippen LogP contribution is 2.41. The van der Waals surface area contributed by atoms with E-state index in [1.165, 1.54) is 6.92 Å². The molecule has 0 spiro atoms. The molecule has 126 valence electrons. The fourth-order valence-corrected chi connectivity index (χ4v) is 3.07. The van der Waals surface area contributed by atoms with E-state index in [2.05, 4.69) is 0 Å². The first-order valence-corrected chi connectivity index (χ1v) is 8.27. The predicted molar refractivity (Wildman–Crippen MR) is 92.2 cm³/mol. The van der Waals surface area contributed by atoms with Gasteiger partial charge in [0.1, 0.15) is 24.7 Å². The number of carbonyl (C=O) groups excluding carboxylic acids is 1. The van der Waals surface area contributed by atoms with Gasteiger partial charge >= 0.3 is 5.97 Å². The largest absolute Gasteiger partial charge is 0.489 e. The zero-order valence-electron chi connectivity index (χ0n) is 12.6. The van der Waals surface area contributed by atoms with Gasteiger partial charge in [0.05, 0.1) is 5.02 Å². The van der Waals surface area contributed by atoms with Gasteiger partial charge in [-0.3, -0.25) is 4.79 Å². The molecule has 0 aromatic heterocycles. The smallest absolute Gasteiger partial charge is 0.303 e. The van der Waals surface area contributed by atoms with Crippen LogP contribution in [0.15, 0.2) is 30.3 Å². The average Bonchev–Trinajstić information content (AvgIpc) is 2.87. The lowest BCUT2D eigenvalue weighted by Crippen LogP contribution is -2.09. The lowest BCUT2D eigenvalue weighted by Gasteiger charge is -2.12. The monoisotopic (exact) mass is 386 g/mol. The molecular weight excluding hydrogens is 375 g/mol. The van der Waals surface area contributed by atoms with Crippen molar-refractivity contribution in [1.82, 2.24) is 0 Å². The lowest BCUT2D eigenvalue weighted by atomic mass is 10.1. The number of fused-ring (bicyclic) bond motifs is 1. The second kappa shape index (κ2) is 7.09. The molecule has 0 amide bonds. The Morgan fingerprint density at radius 1 is 1.21 bits per heavy atom. The van der Waals surface area contributed by atoms with E-state index in [1.807, 2.05) is 0 Å². The molecule has 1 aliphatic rings. The molecule has 0 unspecified atom stereocenters. The van der Waals surface area contributed by atoms with Crippen LogP contribution in [0.4, 0.5) is 0 Å². The van der Waals surface area contributed by atoms with Gasteiger partial charge in [-0.15, -0.1) is 0 Å². The molecule has 1 aliphatic heterocycles. The van der Waals surface area contributed by atoms with Gasteiger partial charge in [-0.05, 0) is 18.2 Å². The molecule has 0 saturated heterocycles. The number of hydrogen-bond donors (Lipinski definition) is 0. The summed E-state index contributed by atoms with van der Waals surface area (Å²) in [6, 6.07) is 8.56. The van der Waals surface area contributed by atoms with Gasteiger partial charge in [-0.1, -0.05) is 40.9 Å². The number of benzene rings is 2. The van der Waals surface area contributed by atoms with E-state index in [0.717, 1.165) is 11.1 Å². The Bertz CT molecular complexity index is 792. The molecule has 2 aromatic rings. The molecule has 1 atom stereocenters. The summed E-state index contributed by atoms with van der Waals surface area (Å²) in [5.74, 6) is 0.679. The summed E-state index contributed by atoms with van der Waals surface area (Å²) in [5.41, 5.74) is 1.52. The van der Waals surface area contributed by atoms with E-state index in [1.54, 1.807) is 30.3 Å². The van der Waals surface area contributed by atoms with Crippen molar-refractivity contribution < 1.29 is 19.0 Å². The minimum Gasteiger partial charge on any atom is -0.489 e. The minimum absolute atomic E-state index is 0.238. The summed E-state index contributed by atoms with van der Waals surface area (Å²) in [6.07, 6.45) is -0.449. The van der Waals surface area contributed by atoms with E-state index in [-0.39, 0.29) is 19.2 Å². The minimum atomic E-state index is -0.449. The zero-order valence-corrected chi connectivity index (χ0v) is 14.9. The molecule has 24 heavy (non-hydrogen) atoms. The van der Waals surface area contributed by atoms with Crippen molar-refractivity contribution in [3.8, 4) is 11.5 Å². The first-order valence-electron chi connectivity index (χ1n) is 7.14. The Balaban J connectivity index is 1.77. The fourth-order valence-electron chi connectivity index (χ4n) is 2.38. The maximum atomic E-state index is 11.1. The second-order valence-corrected chi connectivity index (χ2v) is 6.50. The standard InChI is InChI=1S/C17H13Cl3O4/c1-9(21)24-17-8-23-15-6-16(14(20)5-12(15)17)22-7-10-2-3-11(18)4-13(10)19/h2-6,17H,7-8H2,1H3/t17-/m1/s1. The van der Waals surface area contributed by atoms with Crippen molar-refractivity contribution in [3.05, 3.63) is 56.5 Å². The summed E-state index contributed by atoms with van der Waals surface area (Å²) in [4.78, 5) is 11.1. The van der Waals surface area contributed by atoms with E-state index in [9.17, 15) is 4.79 Å².